The van der Waals surface area contributed by atoms with Gasteiger partial charge in [0.25, 0.3) is 0 Å². The molecular weight excluding hydrogens is 275 g/mol. The summed E-state index contributed by atoms with van der Waals surface area (Å²) in [4.78, 5) is 0. The molecule has 0 aliphatic heterocycles. The van der Waals surface area contributed by atoms with Crippen LogP contribution in [0.25, 0.3) is 0 Å². The number of hydrogen-bond acceptors (Lipinski definition) is 0. The number of halogens is 2. The summed E-state index contributed by atoms with van der Waals surface area (Å²) < 4.78 is -1.53. The molecule has 0 fully saturated rings. The number of hydrogen-bond donors (Lipinski definition) is 0. The van der Waals surface area contributed by atoms with Crippen LogP contribution >= 0.6 is 35.0 Å². The van der Waals surface area contributed by atoms with Gasteiger partial charge in [-0.1, -0.05) is 0 Å². The van der Waals surface area contributed by atoms with Crippen molar-refractivity contribution in [2.45, 2.75) is 26.7 Å². The molecule has 0 aliphatic rings. The van der Waals surface area contributed by atoms with Crippen LogP contribution in [0.1, 0.15) is 26.7 Å². The number of rotatable bonds is 4. The van der Waals surface area contributed by atoms with Crippen molar-refractivity contribution in [1.29, 1.82) is 0 Å². The van der Waals surface area contributed by atoms with Crippen molar-refractivity contribution in [2.75, 3.05) is 19.0 Å². The van der Waals surface area contributed by atoms with E-state index < -0.39 is 4.01 Å². The van der Waals surface area contributed by atoms with Crippen molar-refractivity contribution in [1.82, 2.24) is 0 Å². The third kappa shape index (κ3) is 5.09. The van der Waals surface area contributed by atoms with Gasteiger partial charge in [-0.2, -0.15) is 0 Å². The van der Waals surface area contributed by atoms with Gasteiger partial charge in [-0.3, -0.25) is 0 Å². The zero-order valence-electron chi connectivity index (χ0n) is 7.03. The average Bonchev–Trinajstić information content (AvgIpc) is 1.61. The van der Waals surface area contributed by atoms with Crippen LogP contribution in [-0.4, -0.2) is 19.0 Å². The van der Waals surface area contributed by atoms with Gasteiger partial charge >= 0.3 is 80.7 Å². The SMILES string of the molecule is CCCP(C)(Br)(Br)CCC. The molecule has 0 heterocycles. The zero-order valence-corrected chi connectivity index (χ0v) is 11.1. The Bertz CT molecular complexity index is 93.9. The standard InChI is InChI=1S/C7H17Br2P/c1-4-6-10(3,8,9)7-5-2/h4-7H2,1-3H3. The Labute approximate surface area is 80.6 Å². The van der Waals surface area contributed by atoms with E-state index in [4.69, 9.17) is 0 Å². The second-order valence-electron chi connectivity index (χ2n) is 3.18. The second-order valence-corrected chi connectivity index (χ2v) is 22.8. The molecule has 0 atom stereocenters. The van der Waals surface area contributed by atoms with Gasteiger partial charge in [-0.15, -0.1) is 0 Å². The second kappa shape index (κ2) is 3.87. The molecule has 0 N–H and O–H groups in total. The molecule has 0 aromatic rings. The first-order valence-corrected chi connectivity index (χ1v) is 10.9. The Kier molecular flexibility index (Phi) is 4.41. The zero-order chi connectivity index (χ0) is 8.28. The van der Waals surface area contributed by atoms with Crippen molar-refractivity contribution in [3.63, 3.8) is 0 Å². The predicted molar refractivity (Wildman–Crippen MR) is 61.0 cm³/mol. The quantitative estimate of drug-likeness (QED) is 0.664. The Hall–Kier alpha value is 1.39. The van der Waals surface area contributed by atoms with Crippen molar-refractivity contribution in [3.05, 3.63) is 0 Å². The van der Waals surface area contributed by atoms with Crippen LogP contribution in [-0.2, 0) is 0 Å². The Morgan fingerprint density at radius 1 is 1.00 bits per heavy atom. The summed E-state index contributed by atoms with van der Waals surface area (Å²) in [6, 6.07) is 0. The van der Waals surface area contributed by atoms with E-state index in [1.165, 1.54) is 25.2 Å². The molecule has 0 aromatic heterocycles. The van der Waals surface area contributed by atoms with Gasteiger partial charge < -0.3 is 0 Å². The van der Waals surface area contributed by atoms with E-state index >= 15 is 0 Å². The molecule has 0 spiro atoms. The minimum absolute atomic E-state index is 1.27. The van der Waals surface area contributed by atoms with Crippen LogP contribution in [0.5, 0.6) is 0 Å². The van der Waals surface area contributed by atoms with Crippen LogP contribution in [0.4, 0.5) is 0 Å². The molecule has 0 aliphatic carbocycles. The molecule has 0 amide bonds. The van der Waals surface area contributed by atoms with E-state index in [1.54, 1.807) is 0 Å². The predicted octanol–water partition coefficient (Wildman–Crippen LogP) is 4.61. The monoisotopic (exact) mass is 290 g/mol. The van der Waals surface area contributed by atoms with Crippen LogP contribution in [0.3, 0.4) is 0 Å². The first-order chi connectivity index (χ1) is 4.39. The summed E-state index contributed by atoms with van der Waals surface area (Å²) in [5.41, 5.74) is 0. The topological polar surface area (TPSA) is 0 Å². The van der Waals surface area contributed by atoms with Crippen molar-refractivity contribution in [2.24, 2.45) is 0 Å². The fourth-order valence-corrected chi connectivity index (χ4v) is 7.90. The Morgan fingerprint density at radius 3 is 1.50 bits per heavy atom. The van der Waals surface area contributed by atoms with Gasteiger partial charge in [-0.25, -0.2) is 0 Å². The summed E-state index contributed by atoms with van der Waals surface area (Å²) in [5, 5.41) is 0. The molecule has 0 saturated heterocycles. The van der Waals surface area contributed by atoms with Gasteiger partial charge in [0.15, 0.2) is 0 Å². The van der Waals surface area contributed by atoms with Crippen molar-refractivity contribution < 1.29 is 0 Å². The molecule has 0 aromatic carbocycles. The fourth-order valence-electron chi connectivity index (χ4n) is 1.21. The molecule has 64 valence electrons. The molecule has 0 bridgehead atoms. The van der Waals surface area contributed by atoms with Gasteiger partial charge in [0.1, 0.15) is 0 Å². The molecule has 0 saturated carbocycles. The van der Waals surface area contributed by atoms with Gasteiger partial charge in [0.05, 0.1) is 0 Å². The fraction of sp³-hybridized carbons (Fsp3) is 1.00. The van der Waals surface area contributed by atoms with Crippen molar-refractivity contribution >= 4 is 35.0 Å². The van der Waals surface area contributed by atoms with E-state index in [9.17, 15) is 0 Å². The first-order valence-electron chi connectivity index (χ1n) is 3.83. The normalized spacial score (nSPS) is 16.3. The third-order valence-electron chi connectivity index (χ3n) is 1.55. The Morgan fingerprint density at radius 2 is 1.30 bits per heavy atom. The minimum atomic E-state index is -1.53. The summed E-state index contributed by atoms with van der Waals surface area (Å²) in [6.45, 7) is 6.82. The van der Waals surface area contributed by atoms with E-state index in [0.717, 1.165) is 0 Å². The molecule has 0 radical (unpaired) electrons. The van der Waals surface area contributed by atoms with Crippen LogP contribution < -0.4 is 0 Å². The van der Waals surface area contributed by atoms with Crippen LogP contribution in [0, 0.1) is 0 Å². The van der Waals surface area contributed by atoms with E-state index in [2.05, 4.69) is 51.5 Å². The molecular formula is C7H17Br2P. The summed E-state index contributed by atoms with van der Waals surface area (Å²) >= 11 is 7.71. The molecule has 3 heteroatoms. The van der Waals surface area contributed by atoms with E-state index in [0.29, 0.717) is 0 Å². The van der Waals surface area contributed by atoms with E-state index in [-0.39, 0.29) is 0 Å². The van der Waals surface area contributed by atoms with Crippen LogP contribution in [0.15, 0.2) is 0 Å². The van der Waals surface area contributed by atoms with Crippen LogP contribution in [0.2, 0.25) is 0 Å². The summed E-state index contributed by atoms with van der Waals surface area (Å²) in [6.07, 6.45) is 5.15. The van der Waals surface area contributed by atoms with Gasteiger partial charge in [0.2, 0.25) is 0 Å². The summed E-state index contributed by atoms with van der Waals surface area (Å²) in [7, 11) is 0. The molecule has 0 rings (SSSR count). The van der Waals surface area contributed by atoms with Gasteiger partial charge in [0, 0.05) is 0 Å². The van der Waals surface area contributed by atoms with Crippen molar-refractivity contribution in [3.8, 4) is 0 Å². The summed E-state index contributed by atoms with van der Waals surface area (Å²) in [5.74, 6) is 0. The first kappa shape index (κ1) is 11.4. The average molecular weight is 292 g/mol. The molecule has 0 unspecified atom stereocenters. The maximum absolute atomic E-state index is 3.85. The van der Waals surface area contributed by atoms with E-state index in [1.807, 2.05) is 0 Å². The third-order valence-corrected chi connectivity index (χ3v) is 8.90. The maximum atomic E-state index is 3.85. The van der Waals surface area contributed by atoms with Gasteiger partial charge in [-0.05, 0) is 0 Å². The molecule has 0 nitrogen and oxygen atoms in total. The molecule has 10 heavy (non-hydrogen) atoms. The Balaban J connectivity index is 3.97.